The van der Waals surface area contributed by atoms with E-state index < -0.39 is 39.7 Å². The van der Waals surface area contributed by atoms with E-state index in [1.807, 2.05) is 19.1 Å². The maximum Gasteiger partial charge on any atom is 0.391 e. The van der Waals surface area contributed by atoms with Crippen LogP contribution in [-0.2, 0) is 19.4 Å². The molecule has 1 amide bonds. The molecule has 1 saturated heterocycles. The fourth-order valence-corrected chi connectivity index (χ4v) is 5.50. The normalized spacial score (nSPS) is 26.7. The number of hydrogen-bond donors (Lipinski definition) is 0. The molecule has 2 atom stereocenters. The zero-order chi connectivity index (χ0) is 24.8. The van der Waals surface area contributed by atoms with Crippen molar-refractivity contribution >= 4 is 21.4 Å². The van der Waals surface area contributed by atoms with E-state index in [4.69, 9.17) is 4.74 Å². The molecule has 1 aliphatic heterocycles. The summed E-state index contributed by atoms with van der Waals surface area (Å²) in [5.41, 5.74) is 2.65. The summed E-state index contributed by atoms with van der Waals surface area (Å²) in [5.74, 6) is -2.38. The van der Waals surface area contributed by atoms with Crippen LogP contribution >= 0.6 is 0 Å². The number of rotatable bonds is 4. The maximum atomic E-state index is 13.0. The Bertz CT molecular complexity index is 1170. The van der Waals surface area contributed by atoms with Gasteiger partial charge >= 0.3 is 6.18 Å². The number of carbonyl (C=O) groups excluding carboxylic acids is 1. The molecule has 8 nitrogen and oxygen atoms in total. The lowest BCUT2D eigenvalue weighted by molar-refractivity contribution is -0.182. The lowest BCUT2D eigenvalue weighted by atomic mass is 9.80. The van der Waals surface area contributed by atoms with Crippen LogP contribution in [0, 0.1) is 12.8 Å². The minimum Gasteiger partial charge on any atom is -0.368 e. The Morgan fingerprint density at radius 1 is 1.21 bits per heavy atom. The summed E-state index contributed by atoms with van der Waals surface area (Å²) < 4.78 is 70.0. The maximum absolute atomic E-state index is 13.0. The quantitative estimate of drug-likeness (QED) is 0.638. The molecule has 34 heavy (non-hydrogen) atoms. The van der Waals surface area contributed by atoms with Gasteiger partial charge in [-0.3, -0.25) is 4.79 Å². The topological polar surface area (TPSA) is 93.9 Å². The third kappa shape index (κ3) is 5.37. The zero-order valence-electron chi connectivity index (χ0n) is 19.4. The second-order valence-electron chi connectivity index (χ2n) is 9.54. The first-order chi connectivity index (χ1) is 15.8. The first kappa shape index (κ1) is 24.9. The van der Waals surface area contributed by atoms with Crippen molar-refractivity contribution < 1.29 is 31.1 Å². The van der Waals surface area contributed by atoms with Crippen molar-refractivity contribution in [3.63, 3.8) is 0 Å². The number of ether oxygens (including phenoxy) is 1. The number of hydrogen-bond acceptors (Lipinski definition) is 6. The van der Waals surface area contributed by atoms with Crippen LogP contribution in [-0.4, -0.2) is 71.2 Å². The Morgan fingerprint density at radius 3 is 2.50 bits per heavy atom. The number of aryl methyl sites for hydroxylation is 1. The molecule has 0 N–H and O–H groups in total. The molecule has 2 aromatic heterocycles. The van der Waals surface area contributed by atoms with Gasteiger partial charge in [-0.05, 0) is 45.6 Å². The van der Waals surface area contributed by atoms with Crippen LogP contribution in [0.4, 0.5) is 13.2 Å². The molecule has 188 valence electrons. The van der Waals surface area contributed by atoms with E-state index in [1.54, 1.807) is 11.4 Å². The minimum atomic E-state index is -4.16. The summed E-state index contributed by atoms with van der Waals surface area (Å²) in [6, 6.07) is 3.35. The molecule has 0 bridgehead atoms. The lowest BCUT2D eigenvalue weighted by Crippen LogP contribution is -2.50. The third-order valence-corrected chi connectivity index (χ3v) is 7.45. The Kier molecular flexibility index (Phi) is 6.67. The molecule has 0 spiro atoms. The molecule has 0 aromatic carbocycles. The van der Waals surface area contributed by atoms with Gasteiger partial charge in [0.15, 0.2) is 15.5 Å². The molecule has 2 fully saturated rings. The van der Waals surface area contributed by atoms with Crippen LogP contribution in [0.2, 0.25) is 0 Å². The van der Waals surface area contributed by atoms with Gasteiger partial charge < -0.3 is 9.64 Å². The van der Waals surface area contributed by atoms with Crippen LogP contribution in [0.25, 0.3) is 5.65 Å². The molecule has 1 saturated carbocycles. The fraction of sp³-hybridized carbons (Fsp3) is 0.682. The number of morpholine rings is 1. The van der Waals surface area contributed by atoms with Gasteiger partial charge in [-0.15, -0.1) is 0 Å². The molecule has 4 rings (SSSR count). The molecule has 1 aliphatic carbocycles. The minimum absolute atomic E-state index is 0.0754. The van der Waals surface area contributed by atoms with Crippen molar-refractivity contribution in [1.29, 1.82) is 0 Å². The third-order valence-electron chi connectivity index (χ3n) is 6.68. The van der Waals surface area contributed by atoms with Crippen LogP contribution in [0.3, 0.4) is 0 Å². The van der Waals surface area contributed by atoms with Gasteiger partial charge in [-0.1, -0.05) is 0 Å². The van der Waals surface area contributed by atoms with Crippen molar-refractivity contribution in [1.82, 2.24) is 19.5 Å². The molecule has 2 aliphatic rings. The summed E-state index contributed by atoms with van der Waals surface area (Å²) in [5, 5.41) is 4.68. The number of carbonyl (C=O) groups is 1. The van der Waals surface area contributed by atoms with Gasteiger partial charge in [0.05, 0.1) is 36.5 Å². The van der Waals surface area contributed by atoms with Gasteiger partial charge in [-0.25, -0.2) is 17.9 Å². The van der Waals surface area contributed by atoms with E-state index >= 15 is 0 Å². The monoisotopic (exact) mass is 502 g/mol. The standard InChI is InChI=1S/C22H29F3N4O4S/c1-13-8-18(19-10-28(14(2)11-33-19)21(30)12-34(3,31)32)29-20(26-13)9-17(27-29)15-4-6-16(7-5-15)22(23,24)25/h8-9,14-16,19H,4-7,10-12H2,1-3H3/t14-,15?,16?,19-/m0/s1. The van der Waals surface area contributed by atoms with E-state index in [0.717, 1.165) is 6.26 Å². The molecule has 2 aromatic rings. The van der Waals surface area contributed by atoms with Gasteiger partial charge in [0.2, 0.25) is 5.91 Å². The smallest absolute Gasteiger partial charge is 0.368 e. The summed E-state index contributed by atoms with van der Waals surface area (Å²) in [6.45, 7) is 4.02. The van der Waals surface area contributed by atoms with Crippen LogP contribution in [0.15, 0.2) is 12.1 Å². The number of alkyl halides is 3. The van der Waals surface area contributed by atoms with Crippen molar-refractivity contribution in [3.8, 4) is 0 Å². The predicted octanol–water partition coefficient (Wildman–Crippen LogP) is 3.21. The number of amides is 1. The van der Waals surface area contributed by atoms with Gasteiger partial charge in [-0.2, -0.15) is 18.3 Å². The molecule has 0 unspecified atom stereocenters. The number of halogens is 3. The molecule has 3 heterocycles. The van der Waals surface area contributed by atoms with Crippen LogP contribution < -0.4 is 0 Å². The van der Waals surface area contributed by atoms with Crippen LogP contribution in [0.5, 0.6) is 0 Å². The van der Waals surface area contributed by atoms with Crippen molar-refractivity contribution in [2.75, 3.05) is 25.2 Å². The fourth-order valence-electron chi connectivity index (χ4n) is 4.88. The Labute approximate surface area is 196 Å². The second-order valence-corrected chi connectivity index (χ2v) is 11.7. The summed E-state index contributed by atoms with van der Waals surface area (Å²) in [4.78, 5) is 18.7. The molecule has 12 heteroatoms. The summed E-state index contributed by atoms with van der Waals surface area (Å²) in [6.07, 6.45) is -2.69. The number of sulfone groups is 1. The van der Waals surface area contributed by atoms with E-state index in [2.05, 4.69) is 10.1 Å². The molecular formula is C22H29F3N4O4S. The Balaban J connectivity index is 1.58. The Hall–Kier alpha value is -2.21. The van der Waals surface area contributed by atoms with E-state index in [9.17, 15) is 26.4 Å². The highest BCUT2D eigenvalue weighted by Crippen LogP contribution is 2.42. The highest BCUT2D eigenvalue weighted by Gasteiger charge is 2.42. The SMILES string of the molecule is Cc1cc([C@@H]2CN(C(=O)CS(C)(=O)=O)[C@@H](C)CO2)n2nc(C3CCC(C(F)(F)F)CC3)cc2n1. The largest absolute Gasteiger partial charge is 0.391 e. The van der Waals surface area contributed by atoms with Gasteiger partial charge in [0, 0.05) is 23.9 Å². The average Bonchev–Trinajstić information content (AvgIpc) is 3.15. The summed E-state index contributed by atoms with van der Waals surface area (Å²) >= 11 is 0. The number of fused-ring (bicyclic) bond motifs is 1. The highest BCUT2D eigenvalue weighted by molar-refractivity contribution is 7.91. The average molecular weight is 503 g/mol. The van der Waals surface area contributed by atoms with Crippen molar-refractivity contribution in [2.45, 2.75) is 63.8 Å². The molecule has 0 radical (unpaired) electrons. The lowest BCUT2D eigenvalue weighted by Gasteiger charge is -2.38. The zero-order valence-corrected chi connectivity index (χ0v) is 20.2. The first-order valence-electron chi connectivity index (χ1n) is 11.3. The highest BCUT2D eigenvalue weighted by atomic mass is 32.2. The van der Waals surface area contributed by atoms with Gasteiger partial charge in [0.1, 0.15) is 11.9 Å². The van der Waals surface area contributed by atoms with E-state index in [0.29, 0.717) is 35.6 Å². The van der Waals surface area contributed by atoms with E-state index in [-0.39, 0.29) is 38.0 Å². The van der Waals surface area contributed by atoms with E-state index in [1.165, 1.54) is 4.90 Å². The second kappa shape index (κ2) is 9.10. The van der Waals surface area contributed by atoms with Crippen molar-refractivity contribution in [3.05, 3.63) is 29.2 Å². The number of nitrogens with zero attached hydrogens (tertiary/aromatic N) is 4. The molecular weight excluding hydrogens is 473 g/mol. The summed E-state index contributed by atoms with van der Waals surface area (Å²) in [7, 11) is -3.47. The van der Waals surface area contributed by atoms with Crippen LogP contribution in [0.1, 0.15) is 61.7 Å². The van der Waals surface area contributed by atoms with Crippen molar-refractivity contribution in [2.24, 2.45) is 5.92 Å². The first-order valence-corrected chi connectivity index (χ1v) is 13.4. The van der Waals surface area contributed by atoms with Gasteiger partial charge in [0.25, 0.3) is 0 Å². The number of aromatic nitrogens is 3. The predicted molar refractivity (Wildman–Crippen MR) is 118 cm³/mol. The Morgan fingerprint density at radius 2 is 1.88 bits per heavy atom.